The molecule has 1 aliphatic rings. The van der Waals surface area contributed by atoms with Crippen molar-refractivity contribution in [3.8, 4) is 0 Å². The first kappa shape index (κ1) is 28.8. The molecule has 200 valence electrons. The maximum atomic E-state index is 12.9. The first-order valence-corrected chi connectivity index (χ1v) is 14.3. The highest BCUT2D eigenvalue weighted by Gasteiger charge is 2.46. The van der Waals surface area contributed by atoms with Gasteiger partial charge in [0.1, 0.15) is 18.3 Å². The molecule has 0 bridgehead atoms. The van der Waals surface area contributed by atoms with Gasteiger partial charge in [-0.2, -0.15) is 8.62 Å². The predicted octanol–water partition coefficient (Wildman–Crippen LogP) is -0.979. The lowest BCUT2D eigenvalue weighted by Crippen LogP contribution is -2.43. The van der Waals surface area contributed by atoms with Crippen LogP contribution in [0.5, 0.6) is 0 Å². The predicted molar refractivity (Wildman–Crippen MR) is 116 cm³/mol. The van der Waals surface area contributed by atoms with Gasteiger partial charge in [0.2, 0.25) is 0 Å². The Bertz CT molecular complexity index is 1340. The Morgan fingerprint density at radius 1 is 0.889 bits per heavy atom. The van der Waals surface area contributed by atoms with E-state index < -0.39 is 65.9 Å². The fraction of sp³-hybridized carbons (Fsp3) is 0.375. The number of hydrogen-bond acceptors (Lipinski definition) is 11. The summed E-state index contributed by atoms with van der Waals surface area (Å²) in [5.41, 5.74) is -0.940. The summed E-state index contributed by atoms with van der Waals surface area (Å²) in [6, 6.07) is 9.50. The molecule has 0 saturated carbocycles. The lowest BCUT2D eigenvalue weighted by atomic mass is 10.1. The molecule has 1 fully saturated rings. The van der Waals surface area contributed by atoms with Gasteiger partial charge >= 0.3 is 29.2 Å². The molecule has 2 heterocycles. The van der Waals surface area contributed by atoms with Crippen LogP contribution in [0, 0.1) is 0 Å². The molecule has 2 aromatic rings. The minimum Gasteiger partial charge on any atom is -0.387 e. The van der Waals surface area contributed by atoms with E-state index >= 15 is 0 Å². The molecule has 1 aromatic heterocycles. The van der Waals surface area contributed by atoms with Crippen LogP contribution in [0.25, 0.3) is 0 Å². The van der Waals surface area contributed by atoms with Crippen LogP contribution >= 0.6 is 23.5 Å². The summed E-state index contributed by atoms with van der Waals surface area (Å²) in [6.07, 6.45) is -5.78. The normalized spacial score (nSPS) is 25.8. The number of aromatic nitrogens is 2. The maximum absolute atomic E-state index is 12.9. The smallest absolute Gasteiger partial charge is 0.387 e. The summed E-state index contributed by atoms with van der Waals surface area (Å²) in [4.78, 5) is 60.9. The van der Waals surface area contributed by atoms with E-state index in [9.17, 15) is 38.4 Å². The van der Waals surface area contributed by atoms with E-state index in [1.165, 1.54) is 0 Å². The minimum atomic E-state index is -5.76. The highest BCUT2D eigenvalue weighted by Crippen LogP contribution is 2.66. The van der Waals surface area contributed by atoms with E-state index in [-0.39, 0.29) is 6.54 Å². The van der Waals surface area contributed by atoms with Gasteiger partial charge in [0.15, 0.2) is 6.23 Å². The second-order valence-corrected chi connectivity index (χ2v) is 11.8. The largest absolute Gasteiger partial charge is 0.490 e. The van der Waals surface area contributed by atoms with Crippen molar-refractivity contribution in [2.75, 3.05) is 6.61 Å². The minimum absolute atomic E-state index is 0.111. The zero-order chi connectivity index (χ0) is 26.9. The van der Waals surface area contributed by atoms with Crippen molar-refractivity contribution in [1.82, 2.24) is 9.13 Å². The molecule has 1 saturated heterocycles. The summed E-state index contributed by atoms with van der Waals surface area (Å²) < 4.78 is 52.5. The molecule has 6 N–H and O–H groups in total. The monoisotopic (exact) mass is 574 g/mol. The maximum Gasteiger partial charge on any atom is 0.490 e. The standard InChI is InChI=1S/C16H21N2O15P3/c19-12-6-7-17(16(22)18(12)8-10-4-2-1-3-5-10)15-14(21)13(20)11(31-15)9-30-35(26,27)33-36(28,29)32-34(23,24)25/h1-7,11,13-15,20-21H,8-9H2,(H,26,27)(H,28,29)(H2,23,24,25)/t11-,13+,14?,15-/m1/s1. The number of nitrogens with zero attached hydrogens (tertiary/aromatic N) is 2. The van der Waals surface area contributed by atoms with Crippen LogP contribution in [-0.2, 0) is 38.1 Å². The number of aliphatic hydroxyl groups is 2. The number of phosphoric acid groups is 3. The number of benzene rings is 1. The summed E-state index contributed by atoms with van der Waals surface area (Å²) in [7, 11) is -16.9. The Hall–Kier alpha value is -1.81. The first-order chi connectivity index (χ1) is 16.6. The van der Waals surface area contributed by atoms with Crippen LogP contribution in [-0.4, -0.2) is 63.8 Å². The van der Waals surface area contributed by atoms with Crippen molar-refractivity contribution < 1.29 is 61.4 Å². The number of aliphatic hydroxyl groups excluding tert-OH is 2. The molecule has 1 aliphatic heterocycles. The molecule has 17 nitrogen and oxygen atoms in total. The van der Waals surface area contributed by atoms with Crippen LogP contribution in [0.1, 0.15) is 11.8 Å². The molecular weight excluding hydrogens is 553 g/mol. The van der Waals surface area contributed by atoms with E-state index in [4.69, 9.17) is 19.4 Å². The molecule has 3 unspecified atom stereocenters. The van der Waals surface area contributed by atoms with Gasteiger partial charge in [0, 0.05) is 12.3 Å². The van der Waals surface area contributed by atoms with Crippen molar-refractivity contribution in [2.45, 2.75) is 31.1 Å². The van der Waals surface area contributed by atoms with Crippen molar-refractivity contribution in [3.63, 3.8) is 0 Å². The Morgan fingerprint density at radius 2 is 1.53 bits per heavy atom. The van der Waals surface area contributed by atoms with Crippen molar-refractivity contribution >= 4 is 23.5 Å². The number of hydrogen-bond donors (Lipinski definition) is 6. The van der Waals surface area contributed by atoms with Gasteiger partial charge in [-0.05, 0) is 5.56 Å². The van der Waals surface area contributed by atoms with Crippen molar-refractivity contribution in [1.29, 1.82) is 0 Å². The molecular formula is C16H21N2O15P3. The SMILES string of the molecule is O=c1ccn([C@@H]2O[C@H](COP(=O)(O)OP(=O)(O)OP(=O)(O)O)[C@H](O)C2O)c(=O)n1Cc1ccccc1. The summed E-state index contributed by atoms with van der Waals surface area (Å²) in [5.74, 6) is 0. The third-order valence-electron chi connectivity index (χ3n) is 4.71. The van der Waals surface area contributed by atoms with Crippen LogP contribution in [0.2, 0.25) is 0 Å². The third-order valence-corrected chi connectivity index (χ3v) is 8.51. The Balaban J connectivity index is 1.74. The molecule has 36 heavy (non-hydrogen) atoms. The quantitative estimate of drug-likeness (QED) is 0.187. The molecule has 0 spiro atoms. The van der Waals surface area contributed by atoms with E-state index in [0.29, 0.717) is 5.56 Å². The van der Waals surface area contributed by atoms with E-state index in [1.807, 2.05) is 0 Å². The first-order valence-electron chi connectivity index (χ1n) is 9.74. The van der Waals surface area contributed by atoms with Gasteiger partial charge in [0.25, 0.3) is 5.56 Å². The zero-order valence-corrected chi connectivity index (χ0v) is 20.5. The Morgan fingerprint density at radius 3 is 2.14 bits per heavy atom. The number of phosphoric ester groups is 1. The highest BCUT2D eigenvalue weighted by molar-refractivity contribution is 7.66. The van der Waals surface area contributed by atoms with Gasteiger partial charge in [-0.15, -0.1) is 0 Å². The zero-order valence-electron chi connectivity index (χ0n) is 17.9. The van der Waals surface area contributed by atoms with Crippen LogP contribution in [0.3, 0.4) is 0 Å². The lowest BCUT2D eigenvalue weighted by molar-refractivity contribution is -0.0547. The number of rotatable bonds is 10. The summed E-state index contributed by atoms with van der Waals surface area (Å²) in [5, 5.41) is 20.6. The fourth-order valence-electron chi connectivity index (χ4n) is 3.20. The van der Waals surface area contributed by atoms with Crippen LogP contribution in [0.15, 0.2) is 52.2 Å². The second kappa shape index (κ2) is 10.9. The van der Waals surface area contributed by atoms with Gasteiger partial charge in [0.05, 0.1) is 13.2 Å². The van der Waals surface area contributed by atoms with Gasteiger partial charge in [-0.1, -0.05) is 30.3 Å². The lowest BCUT2D eigenvalue weighted by Gasteiger charge is -2.19. The molecule has 6 atom stereocenters. The Labute approximate surface area is 201 Å². The summed E-state index contributed by atoms with van der Waals surface area (Å²) in [6.45, 7) is -1.17. The molecule has 0 aliphatic carbocycles. The van der Waals surface area contributed by atoms with Gasteiger partial charge in [-0.3, -0.25) is 18.5 Å². The average molecular weight is 574 g/mol. The van der Waals surface area contributed by atoms with E-state index in [0.717, 1.165) is 21.4 Å². The van der Waals surface area contributed by atoms with E-state index in [2.05, 4.69) is 13.1 Å². The van der Waals surface area contributed by atoms with Crippen molar-refractivity contribution in [3.05, 3.63) is 69.0 Å². The fourth-order valence-corrected chi connectivity index (χ4v) is 6.23. The second-order valence-electron chi connectivity index (χ2n) is 7.35. The topological polar surface area (TPSA) is 254 Å². The third kappa shape index (κ3) is 7.37. The molecule has 1 aromatic carbocycles. The van der Waals surface area contributed by atoms with Crippen molar-refractivity contribution in [2.24, 2.45) is 0 Å². The van der Waals surface area contributed by atoms with Gasteiger partial charge in [-0.25, -0.2) is 18.5 Å². The molecule has 20 heteroatoms. The Kier molecular flexibility index (Phi) is 8.70. The molecule has 3 rings (SSSR count). The average Bonchev–Trinajstić information content (AvgIpc) is 3.02. The van der Waals surface area contributed by atoms with Gasteiger partial charge < -0.3 is 34.5 Å². The molecule has 0 radical (unpaired) electrons. The number of ether oxygens (including phenoxy) is 1. The van der Waals surface area contributed by atoms with Crippen LogP contribution < -0.4 is 11.2 Å². The van der Waals surface area contributed by atoms with Crippen LogP contribution in [0.4, 0.5) is 0 Å². The highest BCUT2D eigenvalue weighted by atomic mass is 31.3. The summed E-state index contributed by atoms with van der Waals surface area (Å²) >= 11 is 0. The van der Waals surface area contributed by atoms with E-state index in [1.54, 1.807) is 30.3 Å². The molecule has 0 amide bonds.